The largest absolute Gasteiger partial charge is 0.490 e. The molecule has 1 fully saturated rings. The first kappa shape index (κ1) is 24.6. The zero-order chi connectivity index (χ0) is 23.6. The van der Waals surface area contributed by atoms with Crippen molar-refractivity contribution in [3.8, 4) is 0 Å². The summed E-state index contributed by atoms with van der Waals surface area (Å²) in [6, 6.07) is 13.5. The Kier molecular flexibility index (Phi) is 7.71. The highest BCUT2D eigenvalue weighted by Crippen LogP contribution is 2.41. The highest BCUT2D eigenvalue weighted by atomic mass is 79.9. The Labute approximate surface area is 205 Å². The van der Waals surface area contributed by atoms with E-state index in [2.05, 4.69) is 26.9 Å². The quantitative estimate of drug-likeness (QED) is 0.296. The summed E-state index contributed by atoms with van der Waals surface area (Å²) in [7, 11) is 0. The van der Waals surface area contributed by atoms with Crippen molar-refractivity contribution in [1.29, 1.82) is 0 Å². The summed E-state index contributed by atoms with van der Waals surface area (Å²) in [5.74, 6) is -2.05. The number of nitrogens with zero attached hydrogens (tertiary/aromatic N) is 1. The molecule has 2 aromatic carbocycles. The Hall–Kier alpha value is -1.57. The van der Waals surface area contributed by atoms with Crippen molar-refractivity contribution < 1.29 is 22.7 Å². The molecule has 1 heterocycles. The van der Waals surface area contributed by atoms with Crippen molar-refractivity contribution >= 4 is 33.5 Å². The number of carbonyl (C=O) groups excluding carboxylic acids is 1. The van der Waals surface area contributed by atoms with Crippen molar-refractivity contribution in [3.05, 3.63) is 68.7 Å². The molecule has 33 heavy (non-hydrogen) atoms. The Morgan fingerprint density at radius 2 is 1.85 bits per heavy atom. The second kappa shape index (κ2) is 10.4. The van der Waals surface area contributed by atoms with Crippen LogP contribution in [0.1, 0.15) is 60.9 Å². The lowest BCUT2D eigenvalue weighted by atomic mass is 9.91. The van der Waals surface area contributed by atoms with E-state index < -0.39 is 18.2 Å². The fourth-order valence-corrected chi connectivity index (χ4v) is 5.99. The van der Waals surface area contributed by atoms with E-state index in [0.717, 1.165) is 59.4 Å². The summed E-state index contributed by atoms with van der Waals surface area (Å²) in [6.45, 7) is 1.64. The van der Waals surface area contributed by atoms with Crippen LogP contribution in [0.25, 0.3) is 0 Å². The first-order valence-corrected chi connectivity index (χ1v) is 12.4. The van der Waals surface area contributed by atoms with E-state index in [1.165, 1.54) is 0 Å². The third kappa shape index (κ3) is 5.75. The van der Waals surface area contributed by atoms with E-state index in [9.17, 15) is 18.0 Å². The molecule has 3 unspecified atom stereocenters. The van der Waals surface area contributed by atoms with Gasteiger partial charge in [-0.05, 0) is 73.4 Å². The molecule has 3 atom stereocenters. The molecule has 2 aliphatic rings. The fraction of sp³-hybridized carbons (Fsp3) is 0.480. The summed E-state index contributed by atoms with van der Waals surface area (Å²) in [5, 5.41) is 0.739. The molecule has 1 aliphatic carbocycles. The van der Waals surface area contributed by atoms with Gasteiger partial charge in [-0.15, -0.1) is 0 Å². The zero-order valence-electron chi connectivity index (χ0n) is 18.1. The van der Waals surface area contributed by atoms with Crippen LogP contribution in [-0.4, -0.2) is 30.1 Å². The van der Waals surface area contributed by atoms with E-state index in [-0.39, 0.29) is 12.0 Å². The van der Waals surface area contributed by atoms with Crippen LogP contribution >= 0.6 is 27.5 Å². The van der Waals surface area contributed by atoms with Gasteiger partial charge in [-0.3, -0.25) is 4.90 Å². The number of halogens is 5. The second-order valence-electron chi connectivity index (χ2n) is 8.87. The molecule has 0 aromatic heterocycles. The molecule has 0 saturated carbocycles. The van der Waals surface area contributed by atoms with E-state index in [0.29, 0.717) is 18.4 Å². The lowest BCUT2D eigenvalue weighted by Gasteiger charge is -2.39. The number of rotatable bonds is 4. The number of carbonyl (C=O) groups is 1. The molecule has 2 aromatic rings. The zero-order valence-corrected chi connectivity index (χ0v) is 20.4. The average Bonchev–Trinajstić information content (AvgIpc) is 2.94. The van der Waals surface area contributed by atoms with Crippen LogP contribution < -0.4 is 0 Å². The van der Waals surface area contributed by atoms with Crippen LogP contribution in [0.2, 0.25) is 5.02 Å². The molecule has 0 amide bonds. The van der Waals surface area contributed by atoms with Crippen LogP contribution in [0, 0.1) is 5.92 Å². The number of fused-ring (bicyclic) bond motifs is 1. The third-order valence-corrected chi connectivity index (χ3v) is 7.79. The molecule has 0 bridgehead atoms. The van der Waals surface area contributed by atoms with Gasteiger partial charge in [0.1, 0.15) is 6.10 Å². The molecule has 4 rings (SSSR count). The minimum Gasteiger partial charge on any atom is -0.451 e. The third-order valence-electron chi connectivity index (χ3n) is 6.70. The van der Waals surface area contributed by atoms with Crippen LogP contribution in [0.3, 0.4) is 0 Å². The topological polar surface area (TPSA) is 29.5 Å². The van der Waals surface area contributed by atoms with Crippen LogP contribution in [-0.2, 0) is 16.0 Å². The van der Waals surface area contributed by atoms with E-state index in [4.69, 9.17) is 16.3 Å². The van der Waals surface area contributed by atoms with Gasteiger partial charge in [-0.25, -0.2) is 4.79 Å². The summed E-state index contributed by atoms with van der Waals surface area (Å²) >= 11 is 10.0. The van der Waals surface area contributed by atoms with E-state index in [1.807, 2.05) is 24.3 Å². The Morgan fingerprint density at radius 1 is 1.09 bits per heavy atom. The van der Waals surface area contributed by atoms with Gasteiger partial charge in [-0.2, -0.15) is 13.2 Å². The maximum absolute atomic E-state index is 13.0. The van der Waals surface area contributed by atoms with Crippen molar-refractivity contribution in [2.24, 2.45) is 5.92 Å². The standard InChI is InChI=1S/C25H26BrClF3NO2/c26-20-8-5-7-18-17(20)12-11-16(14-23(18)33-24(32)25(28,29)30)15-31-13-4-3-10-22(31)19-6-1-2-9-21(19)27/h1-2,5-9,16,22-23H,3-4,10-15H2. The second-order valence-corrected chi connectivity index (χ2v) is 10.1. The van der Waals surface area contributed by atoms with Crippen molar-refractivity contribution in [2.75, 3.05) is 13.1 Å². The number of piperidine rings is 1. The van der Waals surface area contributed by atoms with Crippen LogP contribution in [0.4, 0.5) is 13.2 Å². The summed E-state index contributed by atoms with van der Waals surface area (Å²) in [5.41, 5.74) is 2.67. The van der Waals surface area contributed by atoms with Gasteiger partial charge >= 0.3 is 12.1 Å². The van der Waals surface area contributed by atoms with E-state index >= 15 is 0 Å². The number of hydrogen-bond acceptors (Lipinski definition) is 3. The maximum Gasteiger partial charge on any atom is 0.490 e. The molecule has 1 aliphatic heterocycles. The predicted molar refractivity (Wildman–Crippen MR) is 125 cm³/mol. The van der Waals surface area contributed by atoms with E-state index in [1.54, 1.807) is 12.1 Å². The summed E-state index contributed by atoms with van der Waals surface area (Å²) < 4.78 is 44.9. The molecule has 8 heteroatoms. The Balaban J connectivity index is 1.57. The highest BCUT2D eigenvalue weighted by Gasteiger charge is 2.43. The maximum atomic E-state index is 13.0. The lowest BCUT2D eigenvalue weighted by Crippen LogP contribution is -2.38. The monoisotopic (exact) mass is 543 g/mol. The average molecular weight is 545 g/mol. The normalized spacial score (nSPS) is 24.1. The fourth-order valence-electron chi connectivity index (χ4n) is 5.15. The Morgan fingerprint density at radius 3 is 2.61 bits per heavy atom. The molecule has 1 saturated heterocycles. The number of esters is 1. The number of likely N-dealkylation sites (tertiary alicyclic amines) is 1. The van der Waals surface area contributed by atoms with Gasteiger partial charge in [-0.1, -0.05) is 64.3 Å². The molecular formula is C25H26BrClF3NO2. The lowest BCUT2D eigenvalue weighted by molar-refractivity contribution is -0.206. The minimum absolute atomic E-state index is 0.0819. The molecular weight excluding hydrogens is 519 g/mol. The minimum atomic E-state index is -5.02. The molecule has 3 nitrogen and oxygen atoms in total. The number of benzene rings is 2. The Bertz CT molecular complexity index is 1000. The van der Waals surface area contributed by atoms with Crippen LogP contribution in [0.5, 0.6) is 0 Å². The molecule has 0 spiro atoms. The van der Waals surface area contributed by atoms with Gasteiger partial charge in [0.2, 0.25) is 0 Å². The SMILES string of the molecule is O=C(OC1CC(CN2CCCCC2c2ccccc2Cl)CCc2c(Br)cccc21)C(F)(F)F. The summed E-state index contributed by atoms with van der Waals surface area (Å²) in [4.78, 5) is 14.1. The van der Waals surface area contributed by atoms with Gasteiger partial charge < -0.3 is 4.74 Å². The molecule has 178 valence electrons. The molecule has 0 N–H and O–H groups in total. The number of hydrogen-bond donors (Lipinski definition) is 0. The number of ether oxygens (including phenoxy) is 1. The van der Waals surface area contributed by atoms with Crippen molar-refractivity contribution in [1.82, 2.24) is 4.90 Å². The number of alkyl halides is 3. The van der Waals surface area contributed by atoms with Gasteiger partial charge in [0.25, 0.3) is 0 Å². The van der Waals surface area contributed by atoms with Crippen LogP contribution in [0.15, 0.2) is 46.9 Å². The molecule has 0 radical (unpaired) electrons. The highest BCUT2D eigenvalue weighted by molar-refractivity contribution is 9.10. The van der Waals surface area contributed by atoms with Gasteiger partial charge in [0.05, 0.1) is 0 Å². The smallest absolute Gasteiger partial charge is 0.451 e. The van der Waals surface area contributed by atoms with Gasteiger partial charge in [0, 0.05) is 22.1 Å². The first-order chi connectivity index (χ1) is 15.7. The van der Waals surface area contributed by atoms with Gasteiger partial charge in [0.15, 0.2) is 0 Å². The van der Waals surface area contributed by atoms with Crippen molar-refractivity contribution in [2.45, 2.75) is 56.8 Å². The predicted octanol–water partition coefficient (Wildman–Crippen LogP) is 7.43. The first-order valence-electron chi connectivity index (χ1n) is 11.3. The van der Waals surface area contributed by atoms with Crippen molar-refractivity contribution in [3.63, 3.8) is 0 Å². The summed E-state index contributed by atoms with van der Waals surface area (Å²) in [6.07, 6.45) is -0.884.